The predicted molar refractivity (Wildman–Crippen MR) is 148 cm³/mol. The summed E-state index contributed by atoms with van der Waals surface area (Å²) in [5, 5.41) is 9.80. The Kier molecular flexibility index (Phi) is 8.74. The second kappa shape index (κ2) is 12.6. The molecule has 8 nitrogen and oxygen atoms in total. The minimum Gasteiger partial charge on any atom is -0.481 e. The number of carbonyl (C=O) groups excluding carboxylic acids is 1. The largest absolute Gasteiger partial charge is 0.481 e. The van der Waals surface area contributed by atoms with E-state index in [9.17, 15) is 14.7 Å². The van der Waals surface area contributed by atoms with Crippen LogP contribution in [0.5, 0.6) is 5.75 Å². The fraction of sp³-hybridized carbons (Fsp3) is 0.452. The smallest absolute Gasteiger partial charge is 0.294 e. The minimum atomic E-state index is -0.462. The number of hydrogen-bond acceptors (Lipinski definition) is 6. The van der Waals surface area contributed by atoms with Crippen LogP contribution >= 0.6 is 0 Å². The van der Waals surface area contributed by atoms with E-state index in [1.807, 2.05) is 48.5 Å². The zero-order valence-corrected chi connectivity index (χ0v) is 22.3. The van der Waals surface area contributed by atoms with Crippen molar-refractivity contribution in [3.8, 4) is 5.75 Å². The van der Waals surface area contributed by atoms with Crippen molar-refractivity contribution in [1.82, 2.24) is 14.9 Å². The van der Waals surface area contributed by atoms with Gasteiger partial charge in [0.2, 0.25) is 5.75 Å². The number of carbonyl (C=O) groups is 1. The van der Waals surface area contributed by atoms with Gasteiger partial charge >= 0.3 is 0 Å². The molecule has 0 spiro atoms. The van der Waals surface area contributed by atoms with Crippen LogP contribution < -0.4 is 10.3 Å². The van der Waals surface area contributed by atoms with Gasteiger partial charge < -0.3 is 24.5 Å². The first-order chi connectivity index (χ1) is 19.1. The van der Waals surface area contributed by atoms with E-state index in [2.05, 4.69) is 17.1 Å². The Morgan fingerprint density at radius 1 is 1.05 bits per heavy atom. The molecule has 206 valence electrons. The molecule has 1 saturated heterocycles. The Labute approximate surface area is 229 Å². The zero-order valence-electron chi connectivity index (χ0n) is 22.3. The average Bonchev–Trinajstić information content (AvgIpc) is 3.46. The molecule has 1 saturated carbocycles. The van der Waals surface area contributed by atoms with E-state index in [1.165, 1.54) is 5.56 Å². The number of rotatable bonds is 10. The second-order valence-electron chi connectivity index (χ2n) is 10.6. The zero-order chi connectivity index (χ0) is 27.1. The predicted octanol–water partition coefficient (Wildman–Crippen LogP) is 4.02. The number of H-pyrrole nitrogens is 1. The summed E-state index contributed by atoms with van der Waals surface area (Å²) in [5.41, 5.74) is 1.51. The van der Waals surface area contributed by atoms with Crippen molar-refractivity contribution in [2.24, 2.45) is 0 Å². The standard InChI is InChI=1S/C31H37N3O5/c35-18-17-34(25-13-19-38-20-14-25)30(37)27-28(39-22-23-9-3-1-4-10-23)29(36)33-26(32-27)21-31(15-7-8-16-31)24-11-5-2-6-12-24/h1-6,9-12,25,35H,7-8,13-22H2,(H,32,33,36). The molecule has 2 N–H and O–H groups in total. The van der Waals surface area contributed by atoms with Crippen LogP contribution in [0.25, 0.3) is 0 Å². The van der Waals surface area contributed by atoms with Gasteiger partial charge in [0, 0.05) is 37.6 Å². The van der Waals surface area contributed by atoms with Gasteiger partial charge in [-0.05, 0) is 36.8 Å². The fourth-order valence-corrected chi connectivity index (χ4v) is 6.02. The van der Waals surface area contributed by atoms with Crippen LogP contribution in [0.15, 0.2) is 65.5 Å². The maximum Gasteiger partial charge on any atom is 0.294 e. The van der Waals surface area contributed by atoms with Gasteiger partial charge in [0.05, 0.1) is 6.61 Å². The van der Waals surface area contributed by atoms with Crippen molar-refractivity contribution in [2.45, 2.75) is 63.0 Å². The van der Waals surface area contributed by atoms with Crippen molar-refractivity contribution in [1.29, 1.82) is 0 Å². The lowest BCUT2D eigenvalue weighted by molar-refractivity contribution is 0.0240. The molecule has 2 aliphatic rings. The Morgan fingerprint density at radius 3 is 2.38 bits per heavy atom. The third-order valence-corrected chi connectivity index (χ3v) is 8.04. The van der Waals surface area contributed by atoms with E-state index in [0.29, 0.717) is 38.3 Å². The molecule has 0 atom stereocenters. The summed E-state index contributed by atoms with van der Waals surface area (Å²) in [5.74, 6) is 0.00594. The van der Waals surface area contributed by atoms with Gasteiger partial charge in [-0.15, -0.1) is 0 Å². The number of aliphatic hydroxyl groups is 1. The Bertz CT molecular complexity index is 1280. The molecule has 8 heteroatoms. The molecule has 0 unspecified atom stereocenters. The first-order valence-electron chi connectivity index (χ1n) is 13.9. The van der Waals surface area contributed by atoms with Crippen LogP contribution in [0, 0.1) is 0 Å². The van der Waals surface area contributed by atoms with Gasteiger partial charge in [-0.1, -0.05) is 73.5 Å². The summed E-state index contributed by atoms with van der Waals surface area (Å²) in [6, 6.07) is 19.8. The van der Waals surface area contributed by atoms with Gasteiger partial charge in [0.25, 0.3) is 11.5 Å². The average molecular weight is 532 g/mol. The van der Waals surface area contributed by atoms with Gasteiger partial charge in [0.15, 0.2) is 5.69 Å². The number of amides is 1. The van der Waals surface area contributed by atoms with E-state index >= 15 is 0 Å². The summed E-state index contributed by atoms with van der Waals surface area (Å²) >= 11 is 0. The van der Waals surface area contributed by atoms with E-state index in [4.69, 9.17) is 14.5 Å². The van der Waals surface area contributed by atoms with Crippen molar-refractivity contribution < 1.29 is 19.4 Å². The molecule has 1 aromatic heterocycles. The number of hydrogen-bond donors (Lipinski definition) is 2. The van der Waals surface area contributed by atoms with Crippen LogP contribution in [-0.4, -0.2) is 58.3 Å². The van der Waals surface area contributed by atoms with Gasteiger partial charge in [0.1, 0.15) is 12.4 Å². The molecule has 39 heavy (non-hydrogen) atoms. The van der Waals surface area contributed by atoms with Crippen molar-refractivity contribution in [3.05, 3.63) is 93.7 Å². The third kappa shape index (κ3) is 6.23. The summed E-state index contributed by atoms with van der Waals surface area (Å²) < 4.78 is 11.5. The highest BCUT2D eigenvalue weighted by molar-refractivity contribution is 5.95. The highest BCUT2D eigenvalue weighted by Gasteiger charge is 2.37. The summed E-state index contributed by atoms with van der Waals surface area (Å²) in [6.07, 6.45) is 6.07. The lowest BCUT2D eigenvalue weighted by Gasteiger charge is -2.34. The van der Waals surface area contributed by atoms with Crippen LogP contribution in [0.2, 0.25) is 0 Å². The van der Waals surface area contributed by atoms with Crippen LogP contribution in [0.1, 0.15) is 66.0 Å². The van der Waals surface area contributed by atoms with Crippen molar-refractivity contribution >= 4 is 5.91 Å². The van der Waals surface area contributed by atoms with E-state index < -0.39 is 11.5 Å². The van der Waals surface area contributed by atoms with Crippen molar-refractivity contribution in [2.75, 3.05) is 26.4 Å². The topological polar surface area (TPSA) is 105 Å². The molecule has 1 aliphatic carbocycles. The summed E-state index contributed by atoms with van der Waals surface area (Å²) in [4.78, 5) is 36.9. The van der Waals surface area contributed by atoms with Crippen LogP contribution in [0.4, 0.5) is 0 Å². The van der Waals surface area contributed by atoms with E-state index in [1.54, 1.807) is 4.90 Å². The Hall–Kier alpha value is -3.49. The second-order valence-corrected chi connectivity index (χ2v) is 10.6. The maximum absolute atomic E-state index is 14.0. The molecule has 2 heterocycles. The highest BCUT2D eigenvalue weighted by atomic mass is 16.5. The highest BCUT2D eigenvalue weighted by Crippen LogP contribution is 2.43. The third-order valence-electron chi connectivity index (χ3n) is 8.04. The molecular formula is C31H37N3O5. The minimum absolute atomic E-state index is 0.00540. The Morgan fingerprint density at radius 2 is 1.72 bits per heavy atom. The first-order valence-corrected chi connectivity index (χ1v) is 13.9. The number of benzene rings is 2. The SMILES string of the molecule is O=C(c1nc(CC2(c3ccccc3)CCCC2)[nH]c(=O)c1OCc1ccccc1)N(CCO)C1CCOCC1. The molecule has 2 aromatic carbocycles. The van der Waals surface area contributed by atoms with Gasteiger partial charge in [-0.25, -0.2) is 4.98 Å². The first kappa shape index (κ1) is 27.1. The fourth-order valence-electron chi connectivity index (χ4n) is 6.02. The monoisotopic (exact) mass is 531 g/mol. The van der Waals surface area contributed by atoms with Gasteiger partial charge in [-0.2, -0.15) is 0 Å². The van der Waals surface area contributed by atoms with Gasteiger partial charge in [-0.3, -0.25) is 9.59 Å². The van der Waals surface area contributed by atoms with Crippen LogP contribution in [-0.2, 0) is 23.2 Å². The lowest BCUT2D eigenvalue weighted by Crippen LogP contribution is -2.45. The molecular weight excluding hydrogens is 494 g/mol. The van der Waals surface area contributed by atoms with E-state index in [-0.39, 0.29) is 42.7 Å². The number of aromatic nitrogens is 2. The normalized spacial score (nSPS) is 17.2. The molecule has 1 aliphatic heterocycles. The molecule has 2 fully saturated rings. The lowest BCUT2D eigenvalue weighted by atomic mass is 9.76. The Balaban J connectivity index is 1.52. The quantitative estimate of drug-likeness (QED) is 0.410. The molecule has 0 radical (unpaired) electrons. The summed E-state index contributed by atoms with van der Waals surface area (Å²) in [7, 11) is 0. The van der Waals surface area contributed by atoms with Crippen molar-refractivity contribution in [3.63, 3.8) is 0 Å². The molecule has 3 aromatic rings. The number of ether oxygens (including phenoxy) is 2. The van der Waals surface area contributed by atoms with Crippen LogP contribution in [0.3, 0.4) is 0 Å². The molecule has 0 bridgehead atoms. The van der Waals surface area contributed by atoms with E-state index in [0.717, 1.165) is 31.2 Å². The number of aliphatic hydroxyl groups excluding tert-OH is 1. The molecule has 1 amide bonds. The maximum atomic E-state index is 14.0. The number of nitrogens with zero attached hydrogens (tertiary/aromatic N) is 2. The summed E-state index contributed by atoms with van der Waals surface area (Å²) in [6.45, 7) is 1.20. The number of nitrogens with one attached hydrogen (secondary N) is 1. The molecule has 5 rings (SSSR count). The number of aromatic amines is 1.